The van der Waals surface area contributed by atoms with Gasteiger partial charge < -0.3 is 10.6 Å². The molecule has 144 valence electrons. The van der Waals surface area contributed by atoms with Crippen molar-refractivity contribution in [1.82, 2.24) is 10.0 Å². The number of carbonyl (C=O) groups excluding carboxylic acids is 2. The fourth-order valence-electron chi connectivity index (χ4n) is 2.12. The van der Waals surface area contributed by atoms with E-state index < -0.39 is 27.8 Å². The summed E-state index contributed by atoms with van der Waals surface area (Å²) >= 11 is 0. The first kappa shape index (κ1) is 20.4. The molecule has 0 fully saturated rings. The summed E-state index contributed by atoms with van der Waals surface area (Å²) in [6.07, 6.45) is 1.62. The predicted molar refractivity (Wildman–Crippen MR) is 99.4 cm³/mol. The largest absolute Gasteiger partial charge is 0.337 e. The Kier molecular flexibility index (Phi) is 6.89. The summed E-state index contributed by atoms with van der Waals surface area (Å²) in [5, 5.41) is 5.03. The Morgan fingerprint density at radius 3 is 2.22 bits per heavy atom. The van der Waals surface area contributed by atoms with Crippen molar-refractivity contribution in [2.75, 3.05) is 11.9 Å². The van der Waals surface area contributed by atoms with Crippen molar-refractivity contribution in [3.63, 3.8) is 0 Å². The molecule has 2 aromatic carbocycles. The minimum Gasteiger partial charge on any atom is -0.337 e. The zero-order chi connectivity index (χ0) is 19.9. The standard InChI is InChI=1S/C18H20FN3O4S/c1-2-3-12-20-18(24)22-27(25,26)16-10-8-15(9-11-16)21-17(23)13-4-6-14(19)7-5-13/h4-11H,2-3,12H2,1H3,(H,21,23)(H2,20,22,24). The van der Waals surface area contributed by atoms with Gasteiger partial charge in [0.1, 0.15) is 5.82 Å². The number of halogens is 1. The molecule has 9 heteroatoms. The van der Waals surface area contributed by atoms with Gasteiger partial charge in [0.25, 0.3) is 15.9 Å². The van der Waals surface area contributed by atoms with Crippen LogP contribution in [0.25, 0.3) is 0 Å². The number of sulfonamides is 1. The number of benzene rings is 2. The van der Waals surface area contributed by atoms with Crippen LogP contribution >= 0.6 is 0 Å². The van der Waals surface area contributed by atoms with Gasteiger partial charge in [-0.3, -0.25) is 4.79 Å². The van der Waals surface area contributed by atoms with Crippen molar-refractivity contribution in [3.05, 3.63) is 59.9 Å². The van der Waals surface area contributed by atoms with Crippen LogP contribution in [0.15, 0.2) is 53.4 Å². The summed E-state index contributed by atoms with van der Waals surface area (Å²) in [6.45, 7) is 2.33. The number of nitrogens with one attached hydrogen (secondary N) is 3. The van der Waals surface area contributed by atoms with Gasteiger partial charge in [0.15, 0.2) is 0 Å². The smallest absolute Gasteiger partial charge is 0.328 e. The zero-order valence-electron chi connectivity index (χ0n) is 14.7. The maximum Gasteiger partial charge on any atom is 0.328 e. The summed E-state index contributed by atoms with van der Waals surface area (Å²) in [6, 6.07) is 9.54. The van der Waals surface area contributed by atoms with E-state index in [4.69, 9.17) is 0 Å². The number of carbonyl (C=O) groups is 2. The van der Waals surface area contributed by atoms with Crippen LogP contribution in [0.3, 0.4) is 0 Å². The van der Waals surface area contributed by atoms with Crippen LogP contribution in [0.5, 0.6) is 0 Å². The summed E-state index contributed by atoms with van der Waals surface area (Å²) in [5.74, 6) is -0.911. The van der Waals surface area contributed by atoms with E-state index >= 15 is 0 Å². The van der Waals surface area contributed by atoms with E-state index in [2.05, 4.69) is 10.6 Å². The van der Waals surface area contributed by atoms with Crippen molar-refractivity contribution < 1.29 is 22.4 Å². The van der Waals surface area contributed by atoms with Crippen LogP contribution in [-0.2, 0) is 10.0 Å². The molecule has 0 aliphatic carbocycles. The fourth-order valence-corrected chi connectivity index (χ4v) is 3.05. The molecule has 27 heavy (non-hydrogen) atoms. The maximum atomic E-state index is 12.9. The first-order chi connectivity index (χ1) is 12.8. The van der Waals surface area contributed by atoms with Crippen LogP contribution in [0.1, 0.15) is 30.1 Å². The molecule has 0 saturated carbocycles. The van der Waals surface area contributed by atoms with Gasteiger partial charge >= 0.3 is 6.03 Å². The highest BCUT2D eigenvalue weighted by molar-refractivity contribution is 7.90. The average Bonchev–Trinajstić information content (AvgIpc) is 2.62. The molecule has 0 bridgehead atoms. The van der Waals surface area contributed by atoms with Gasteiger partial charge in [0, 0.05) is 17.8 Å². The van der Waals surface area contributed by atoms with Crippen LogP contribution < -0.4 is 15.4 Å². The first-order valence-corrected chi connectivity index (χ1v) is 9.78. The average molecular weight is 393 g/mol. The molecule has 0 radical (unpaired) electrons. The van der Waals surface area contributed by atoms with Crippen molar-refractivity contribution in [1.29, 1.82) is 0 Å². The van der Waals surface area contributed by atoms with E-state index in [1.54, 1.807) is 0 Å². The molecular formula is C18H20FN3O4S. The fraction of sp³-hybridized carbons (Fsp3) is 0.222. The van der Waals surface area contributed by atoms with Crippen molar-refractivity contribution in [2.45, 2.75) is 24.7 Å². The van der Waals surface area contributed by atoms with Gasteiger partial charge in [-0.1, -0.05) is 13.3 Å². The van der Waals surface area contributed by atoms with Gasteiger partial charge in [0.2, 0.25) is 0 Å². The van der Waals surface area contributed by atoms with Gasteiger partial charge in [-0.15, -0.1) is 0 Å². The Balaban J connectivity index is 2.00. The van der Waals surface area contributed by atoms with Gasteiger partial charge in [-0.25, -0.2) is 22.3 Å². The van der Waals surface area contributed by atoms with Crippen molar-refractivity contribution >= 4 is 27.6 Å². The third-order valence-corrected chi connectivity index (χ3v) is 4.92. The number of unbranched alkanes of at least 4 members (excludes halogenated alkanes) is 1. The molecular weight excluding hydrogens is 373 g/mol. The van der Waals surface area contributed by atoms with Crippen LogP contribution in [-0.4, -0.2) is 26.9 Å². The summed E-state index contributed by atoms with van der Waals surface area (Å²) < 4.78 is 39.1. The molecule has 0 heterocycles. The Labute approximate surface area is 157 Å². The van der Waals surface area contributed by atoms with Gasteiger partial charge in [0.05, 0.1) is 4.90 Å². The Morgan fingerprint density at radius 1 is 1.00 bits per heavy atom. The Morgan fingerprint density at radius 2 is 1.63 bits per heavy atom. The molecule has 0 saturated heterocycles. The molecule has 3 amide bonds. The lowest BCUT2D eigenvalue weighted by Crippen LogP contribution is -2.39. The SMILES string of the molecule is CCCCNC(=O)NS(=O)(=O)c1ccc(NC(=O)c2ccc(F)cc2)cc1. The number of urea groups is 1. The van der Waals surface area contributed by atoms with E-state index in [9.17, 15) is 22.4 Å². The molecule has 2 aromatic rings. The minimum absolute atomic E-state index is 0.118. The number of hydrogen-bond acceptors (Lipinski definition) is 4. The van der Waals surface area contributed by atoms with E-state index in [-0.39, 0.29) is 10.5 Å². The molecule has 7 nitrogen and oxygen atoms in total. The van der Waals surface area contributed by atoms with E-state index in [0.29, 0.717) is 12.2 Å². The Hall–Kier alpha value is -2.94. The molecule has 0 atom stereocenters. The highest BCUT2D eigenvalue weighted by Crippen LogP contribution is 2.15. The normalized spacial score (nSPS) is 10.9. The van der Waals surface area contributed by atoms with E-state index in [0.717, 1.165) is 12.8 Å². The first-order valence-electron chi connectivity index (χ1n) is 8.29. The van der Waals surface area contributed by atoms with E-state index in [1.807, 2.05) is 11.6 Å². The van der Waals surface area contributed by atoms with Crippen LogP contribution in [0.4, 0.5) is 14.9 Å². The van der Waals surface area contributed by atoms with Crippen molar-refractivity contribution in [2.24, 2.45) is 0 Å². The number of amides is 3. The highest BCUT2D eigenvalue weighted by Gasteiger charge is 2.17. The summed E-state index contributed by atoms with van der Waals surface area (Å²) in [5.41, 5.74) is 0.620. The van der Waals surface area contributed by atoms with Gasteiger partial charge in [-0.2, -0.15) is 0 Å². The monoisotopic (exact) mass is 393 g/mol. The second-order valence-electron chi connectivity index (χ2n) is 5.70. The lowest BCUT2D eigenvalue weighted by molar-refractivity contribution is 0.102. The molecule has 0 spiro atoms. The topological polar surface area (TPSA) is 104 Å². The second kappa shape index (κ2) is 9.13. The Bertz CT molecular complexity index is 897. The van der Waals surface area contributed by atoms with Crippen LogP contribution in [0, 0.1) is 5.82 Å². The molecule has 0 aliphatic heterocycles. The third kappa shape index (κ3) is 6.07. The van der Waals surface area contributed by atoms with Crippen molar-refractivity contribution in [3.8, 4) is 0 Å². The predicted octanol–water partition coefficient (Wildman–Crippen LogP) is 2.87. The summed E-state index contributed by atoms with van der Waals surface area (Å²) in [7, 11) is -4.02. The number of rotatable bonds is 7. The highest BCUT2D eigenvalue weighted by atomic mass is 32.2. The third-order valence-electron chi connectivity index (χ3n) is 3.57. The molecule has 3 N–H and O–H groups in total. The zero-order valence-corrected chi connectivity index (χ0v) is 15.5. The van der Waals surface area contributed by atoms with Gasteiger partial charge in [-0.05, 0) is 55.0 Å². The van der Waals surface area contributed by atoms with E-state index in [1.165, 1.54) is 48.5 Å². The molecule has 2 rings (SSSR count). The number of anilines is 1. The second-order valence-corrected chi connectivity index (χ2v) is 7.38. The maximum absolute atomic E-state index is 12.9. The number of hydrogen-bond donors (Lipinski definition) is 3. The lowest BCUT2D eigenvalue weighted by atomic mass is 10.2. The lowest BCUT2D eigenvalue weighted by Gasteiger charge is -2.09. The van der Waals surface area contributed by atoms with Crippen LogP contribution in [0.2, 0.25) is 0 Å². The summed E-state index contributed by atoms with van der Waals surface area (Å²) in [4.78, 5) is 23.6. The molecule has 0 unspecified atom stereocenters. The molecule has 0 aliphatic rings. The minimum atomic E-state index is -4.02. The quantitative estimate of drug-likeness (QED) is 0.629. The molecule has 0 aromatic heterocycles.